The van der Waals surface area contributed by atoms with E-state index in [1.54, 1.807) is 7.05 Å². The van der Waals surface area contributed by atoms with Crippen molar-refractivity contribution in [3.63, 3.8) is 0 Å². The highest BCUT2D eigenvalue weighted by molar-refractivity contribution is 6.00. The molecule has 0 aromatic heterocycles. The average molecular weight is 359 g/mol. The Morgan fingerprint density at radius 3 is 2.42 bits per heavy atom. The molecule has 0 aliphatic carbocycles. The van der Waals surface area contributed by atoms with Gasteiger partial charge in [-0.1, -0.05) is 38.5 Å². The fourth-order valence-corrected chi connectivity index (χ4v) is 2.39. The van der Waals surface area contributed by atoms with Crippen LogP contribution < -0.4 is 0 Å². The quantitative estimate of drug-likeness (QED) is 0.525. The van der Waals surface area contributed by atoms with Crippen LogP contribution >= 0.6 is 0 Å². The van der Waals surface area contributed by atoms with E-state index in [0.29, 0.717) is 18.4 Å². The number of fused-ring (bicyclic) bond motifs is 1. The monoisotopic (exact) mass is 359 g/mol. The fourth-order valence-electron chi connectivity index (χ4n) is 2.39. The van der Waals surface area contributed by atoms with Crippen molar-refractivity contribution in [1.82, 2.24) is 0 Å². The summed E-state index contributed by atoms with van der Waals surface area (Å²) >= 11 is 0. The number of nitrogens with zero attached hydrogens (tertiary/aromatic N) is 1. The molecule has 0 saturated heterocycles. The number of hydrogen-bond acceptors (Lipinski definition) is 5. The second-order valence-corrected chi connectivity index (χ2v) is 5.97. The predicted octanol–water partition coefficient (Wildman–Crippen LogP) is 4.58. The first-order valence-electron chi connectivity index (χ1n) is 9.02. The van der Waals surface area contributed by atoms with Gasteiger partial charge in [-0.25, -0.2) is 4.79 Å². The molecule has 0 spiro atoms. The number of carbonyl (C=O) groups excluding carboxylic acids is 1. The zero-order valence-corrected chi connectivity index (χ0v) is 15.9. The molecule has 1 aliphatic rings. The van der Waals surface area contributed by atoms with Gasteiger partial charge < -0.3 is 14.9 Å². The fraction of sp³-hybridized carbons (Fsp3) is 0.429. The molecular weight excluding hydrogens is 330 g/mol. The Labute approximate surface area is 155 Å². The van der Waals surface area contributed by atoms with Gasteiger partial charge in [0.2, 0.25) is 0 Å². The lowest BCUT2D eigenvalue weighted by atomic mass is 9.99. The smallest absolute Gasteiger partial charge is 0.342 e. The molecule has 0 bridgehead atoms. The molecule has 2 N–H and O–H groups in total. The first-order chi connectivity index (χ1) is 12.5. The van der Waals surface area contributed by atoms with Crippen LogP contribution in [-0.2, 0) is 11.2 Å². The number of esters is 1. The highest BCUT2D eigenvalue weighted by atomic mass is 16.5. The van der Waals surface area contributed by atoms with Gasteiger partial charge in [0.1, 0.15) is 17.1 Å². The van der Waals surface area contributed by atoms with Gasteiger partial charge in [0.15, 0.2) is 0 Å². The molecule has 1 aromatic carbocycles. The van der Waals surface area contributed by atoms with E-state index in [9.17, 15) is 15.0 Å². The third kappa shape index (κ3) is 7.13. The van der Waals surface area contributed by atoms with Crippen molar-refractivity contribution in [1.29, 1.82) is 0 Å². The van der Waals surface area contributed by atoms with Crippen molar-refractivity contribution >= 4 is 11.7 Å². The maximum Gasteiger partial charge on any atom is 0.342 e. The summed E-state index contributed by atoms with van der Waals surface area (Å²) in [7, 11) is 1.67. The lowest BCUT2D eigenvalue weighted by Gasteiger charge is -2.12. The number of cyclic esters (lactones) is 1. The van der Waals surface area contributed by atoms with E-state index in [0.717, 1.165) is 24.6 Å². The summed E-state index contributed by atoms with van der Waals surface area (Å²) in [5.74, 6) is -0.980. The Morgan fingerprint density at radius 1 is 1.08 bits per heavy atom. The van der Waals surface area contributed by atoms with E-state index in [2.05, 4.69) is 24.9 Å². The second kappa shape index (κ2) is 11.9. The second-order valence-electron chi connectivity index (χ2n) is 5.97. The van der Waals surface area contributed by atoms with E-state index < -0.39 is 5.97 Å². The third-order valence-corrected chi connectivity index (χ3v) is 3.54. The maximum absolute atomic E-state index is 12.3. The summed E-state index contributed by atoms with van der Waals surface area (Å²) in [4.78, 5) is 16.5. The molecule has 0 radical (unpaired) electrons. The molecule has 0 amide bonds. The third-order valence-electron chi connectivity index (χ3n) is 3.54. The molecule has 1 heterocycles. The minimum Gasteiger partial charge on any atom is -0.508 e. The Morgan fingerprint density at radius 2 is 1.73 bits per heavy atom. The highest BCUT2D eigenvalue weighted by Gasteiger charge is 2.20. The number of ether oxygens (including phenoxy) is 1. The van der Waals surface area contributed by atoms with Crippen molar-refractivity contribution in [2.24, 2.45) is 4.99 Å². The summed E-state index contributed by atoms with van der Waals surface area (Å²) in [5.41, 5.74) is 1.33. The molecule has 2 rings (SSSR count). The molecule has 0 unspecified atom stereocenters. The van der Waals surface area contributed by atoms with Gasteiger partial charge in [-0.15, -0.1) is 0 Å². The van der Waals surface area contributed by atoms with Gasteiger partial charge in [-0.2, -0.15) is 0 Å². The molecule has 0 atom stereocenters. The zero-order chi connectivity index (χ0) is 19.4. The van der Waals surface area contributed by atoms with Crippen LogP contribution in [0.15, 0.2) is 41.4 Å². The minimum absolute atomic E-state index is 0.0818. The highest BCUT2D eigenvalue weighted by Crippen LogP contribution is 2.29. The van der Waals surface area contributed by atoms with Gasteiger partial charge in [0.05, 0.1) is 6.61 Å². The number of phenols is 2. The van der Waals surface area contributed by atoms with E-state index in [1.165, 1.54) is 12.5 Å². The summed E-state index contributed by atoms with van der Waals surface area (Å²) in [6.07, 6.45) is 12.0. The number of rotatable bonds is 0. The van der Waals surface area contributed by atoms with Crippen molar-refractivity contribution < 1.29 is 19.7 Å². The molecular formula is C21H29NO4. The summed E-state index contributed by atoms with van der Waals surface area (Å²) < 4.78 is 5.21. The normalized spacial score (nSPS) is 19.3. The number of allylic oxidation sites excluding steroid dienone is 3. The molecule has 0 saturated carbocycles. The maximum atomic E-state index is 12.3. The molecule has 5 nitrogen and oxygen atoms in total. The van der Waals surface area contributed by atoms with Crippen LogP contribution in [0.4, 0.5) is 0 Å². The van der Waals surface area contributed by atoms with E-state index in [4.69, 9.17) is 4.74 Å². The van der Waals surface area contributed by atoms with Gasteiger partial charge in [-0.3, -0.25) is 4.99 Å². The van der Waals surface area contributed by atoms with Gasteiger partial charge in [0.25, 0.3) is 0 Å². The largest absolute Gasteiger partial charge is 0.508 e. The number of phenolic OH excluding ortho intramolecular Hbond substituents is 2. The Hall–Kier alpha value is -2.56. The van der Waals surface area contributed by atoms with E-state index in [-0.39, 0.29) is 23.7 Å². The molecule has 1 aliphatic heterocycles. The SMILES string of the molecule is CCC.CN=C1/C=C/CC/C=C/CCOC(=O)c2c(O)cc(O)cc2C1. The molecule has 0 fully saturated rings. The lowest BCUT2D eigenvalue weighted by Crippen LogP contribution is -2.12. The van der Waals surface area contributed by atoms with Crippen LogP contribution in [0.25, 0.3) is 0 Å². The summed E-state index contributed by atoms with van der Waals surface area (Å²) in [6.45, 7) is 4.50. The van der Waals surface area contributed by atoms with E-state index in [1.807, 2.05) is 18.2 Å². The summed E-state index contributed by atoms with van der Waals surface area (Å²) in [6, 6.07) is 2.60. The van der Waals surface area contributed by atoms with E-state index >= 15 is 0 Å². The van der Waals surface area contributed by atoms with Gasteiger partial charge in [0, 0.05) is 25.2 Å². The molecule has 26 heavy (non-hydrogen) atoms. The van der Waals surface area contributed by atoms with Gasteiger partial charge in [-0.05, 0) is 37.0 Å². The minimum atomic E-state index is -0.595. The number of hydrogen-bond donors (Lipinski definition) is 2. The number of carbonyl (C=O) groups is 1. The topological polar surface area (TPSA) is 79.1 Å². The van der Waals surface area contributed by atoms with Crippen LogP contribution in [0.1, 0.15) is 55.5 Å². The zero-order valence-electron chi connectivity index (χ0n) is 15.9. The van der Waals surface area contributed by atoms with Crippen molar-refractivity contribution in [2.75, 3.05) is 13.7 Å². The van der Waals surface area contributed by atoms with Crippen LogP contribution in [0, 0.1) is 0 Å². The molecule has 5 heteroatoms. The Balaban J connectivity index is 0.00000105. The van der Waals surface area contributed by atoms with Gasteiger partial charge >= 0.3 is 5.97 Å². The summed E-state index contributed by atoms with van der Waals surface area (Å²) in [5, 5.41) is 19.7. The predicted molar refractivity (Wildman–Crippen MR) is 105 cm³/mol. The Kier molecular flexibility index (Phi) is 9.83. The van der Waals surface area contributed by atoms with Crippen LogP contribution in [0.3, 0.4) is 0 Å². The number of benzene rings is 1. The Bertz CT molecular complexity index is 675. The number of aromatic hydroxyl groups is 2. The number of aliphatic imine (C=N–C) groups is 1. The standard InChI is InChI=1S/C18H21NO4.C3H8/c1-19-14-8-6-4-2-3-5-7-9-23-18(22)17-13(10-14)11-15(20)12-16(17)21;1-3-2/h3,5-6,8,11-12,20-21H,2,4,7,9-10H2,1H3;3H2,1-2H3/b5-3+,8-6+,19-14?;. The molecule has 1 aromatic rings. The van der Waals surface area contributed by atoms with Crippen LogP contribution in [0.5, 0.6) is 11.5 Å². The van der Waals surface area contributed by atoms with Crippen LogP contribution in [-0.4, -0.2) is 35.5 Å². The van der Waals surface area contributed by atoms with Crippen molar-refractivity contribution in [2.45, 2.75) is 46.0 Å². The van der Waals surface area contributed by atoms with Crippen molar-refractivity contribution in [3.05, 3.63) is 47.6 Å². The molecule has 142 valence electrons. The first-order valence-corrected chi connectivity index (χ1v) is 9.02. The van der Waals surface area contributed by atoms with Crippen molar-refractivity contribution in [3.8, 4) is 11.5 Å². The first kappa shape index (κ1) is 21.5. The average Bonchev–Trinajstić information content (AvgIpc) is 2.58. The lowest BCUT2D eigenvalue weighted by molar-refractivity contribution is 0.0507. The van der Waals surface area contributed by atoms with Crippen LogP contribution in [0.2, 0.25) is 0 Å².